The second kappa shape index (κ2) is 24.7. The highest BCUT2D eigenvalue weighted by molar-refractivity contribution is 5.87. The van der Waals surface area contributed by atoms with Crippen molar-refractivity contribution < 1.29 is 37.4 Å². The first kappa shape index (κ1) is 59.3. The minimum atomic E-state index is -0.828. The number of nitrogens with two attached hydrogens (primary N) is 1. The average Bonchev–Trinajstić information content (AvgIpc) is 4.10. The Kier molecular flexibility index (Phi) is 18.5. The maximum atomic E-state index is 14.6. The van der Waals surface area contributed by atoms with Gasteiger partial charge in [-0.2, -0.15) is 10.2 Å². The van der Waals surface area contributed by atoms with Gasteiger partial charge in [-0.1, -0.05) is 36.4 Å². The van der Waals surface area contributed by atoms with E-state index in [2.05, 4.69) is 73.1 Å². The van der Waals surface area contributed by atoms with E-state index in [0.29, 0.717) is 87.0 Å². The fraction of sp³-hybridized carbons (Fsp3) is 0.483. The predicted octanol–water partition coefficient (Wildman–Crippen LogP) is 11.0. The summed E-state index contributed by atoms with van der Waals surface area (Å²) in [7, 11) is 0. The molecule has 19 heteroatoms. The quantitative estimate of drug-likeness (QED) is 0.0264. The Balaban J connectivity index is 0.000000232. The van der Waals surface area contributed by atoms with Crippen LogP contribution in [0.5, 0.6) is 11.5 Å². The lowest BCUT2D eigenvalue weighted by Crippen LogP contribution is -2.48. The lowest BCUT2D eigenvalue weighted by Gasteiger charge is -2.39. The number of nitrogens with zero attached hydrogens (tertiary/aromatic N) is 6. The number of ether oxygens (including phenoxy) is 3. The summed E-state index contributed by atoms with van der Waals surface area (Å²) in [4.78, 5) is 48.8. The number of esters is 1. The normalized spacial score (nSPS) is 19.5. The van der Waals surface area contributed by atoms with E-state index in [4.69, 9.17) is 30.0 Å². The Bertz CT molecular complexity index is 3050. The van der Waals surface area contributed by atoms with Gasteiger partial charge in [0, 0.05) is 36.4 Å². The zero-order valence-corrected chi connectivity index (χ0v) is 47.6. The molecule has 2 aliphatic carbocycles. The molecule has 2 fully saturated rings. The maximum absolute atomic E-state index is 14.6. The summed E-state index contributed by atoms with van der Waals surface area (Å²) in [6, 6.07) is 25.5. The van der Waals surface area contributed by atoms with Crippen molar-refractivity contribution in [1.82, 2.24) is 40.3 Å². The number of anilines is 4. The molecule has 0 radical (unpaired) electrons. The number of aryl methyl sites for hydroxylation is 2. The van der Waals surface area contributed by atoms with Crippen LogP contribution in [0.3, 0.4) is 0 Å². The van der Waals surface area contributed by atoms with Gasteiger partial charge < -0.3 is 30.2 Å². The number of carbonyl (C=O) groups excluding carboxylic acids is 3. The standard InChI is InChI=1S/C33H44FN5O4.C27H35FN6O2/c1-22-10-8-12-25(29(22)34)42-24-14-17-33(18-15-24,30(41)35-21-28(40)43-32(5,6)7)20-23-11-9-13-26(37-23)38-27-16-19-36-39(27)31(2,3)4;1-18-7-5-9-21(24(18)28)36-20-11-14-27(15-12-20,25(35)33-29)17-19-8-6-10-22(31-19)32-23-13-16-30-34(23)26(2,3)4/h8-13,16,19,24H,14-15,17-18,20-21H2,1-7H3,(H,35,41)(H,37,38);5-10,13,16,20H,11-12,14-15,17,29H2,1-4H3,(H,31,32)(H,33,35). The fourth-order valence-electron chi connectivity index (χ4n) is 10.3. The number of benzene rings is 2. The Hall–Kier alpha value is -7.41. The number of carbonyl (C=O) groups is 3. The van der Waals surface area contributed by atoms with Gasteiger partial charge in [0.25, 0.3) is 0 Å². The molecule has 8 rings (SSSR count). The molecule has 0 saturated heterocycles. The van der Waals surface area contributed by atoms with Crippen molar-refractivity contribution in [1.29, 1.82) is 0 Å². The third kappa shape index (κ3) is 15.5. The molecular formula is C60H79F2N11O6. The van der Waals surface area contributed by atoms with Gasteiger partial charge in [0.2, 0.25) is 11.8 Å². The fourth-order valence-corrected chi connectivity index (χ4v) is 10.3. The van der Waals surface area contributed by atoms with Crippen LogP contribution in [0.4, 0.5) is 32.1 Å². The van der Waals surface area contributed by atoms with Gasteiger partial charge >= 0.3 is 5.97 Å². The van der Waals surface area contributed by atoms with Gasteiger partial charge in [0.15, 0.2) is 23.1 Å². The highest BCUT2D eigenvalue weighted by atomic mass is 19.1. The first-order valence-corrected chi connectivity index (χ1v) is 27.2. The van der Waals surface area contributed by atoms with Crippen molar-refractivity contribution in [2.45, 2.75) is 169 Å². The third-order valence-electron chi connectivity index (χ3n) is 14.3. The first-order chi connectivity index (χ1) is 37.3. The molecule has 4 heterocycles. The summed E-state index contributed by atoms with van der Waals surface area (Å²) < 4.78 is 50.3. The molecule has 0 bridgehead atoms. The van der Waals surface area contributed by atoms with Gasteiger partial charge in [-0.25, -0.2) is 34.0 Å². The predicted molar refractivity (Wildman–Crippen MR) is 301 cm³/mol. The molecular weight excluding hydrogens is 1010 g/mol. The first-order valence-electron chi connectivity index (χ1n) is 27.2. The number of halogens is 2. The Morgan fingerprint density at radius 1 is 0.608 bits per heavy atom. The molecule has 0 aliphatic heterocycles. The molecule has 2 saturated carbocycles. The number of pyridine rings is 2. The smallest absolute Gasteiger partial charge is 0.325 e. The molecule has 17 nitrogen and oxygen atoms in total. The number of aromatic nitrogens is 6. The lowest BCUT2D eigenvalue weighted by atomic mass is 9.69. The van der Waals surface area contributed by atoms with Crippen molar-refractivity contribution in [3.63, 3.8) is 0 Å². The maximum Gasteiger partial charge on any atom is 0.325 e. The summed E-state index contributed by atoms with van der Waals surface area (Å²) in [6.45, 7) is 21.0. The molecule has 0 atom stereocenters. The number of hydrazine groups is 1. The molecule has 424 valence electrons. The highest BCUT2D eigenvalue weighted by Gasteiger charge is 2.44. The van der Waals surface area contributed by atoms with Crippen LogP contribution in [0.1, 0.15) is 136 Å². The summed E-state index contributed by atoms with van der Waals surface area (Å²) in [5, 5.41) is 18.4. The Morgan fingerprint density at radius 3 is 1.41 bits per heavy atom. The Morgan fingerprint density at radius 2 is 1.01 bits per heavy atom. The van der Waals surface area contributed by atoms with E-state index in [0.717, 1.165) is 23.0 Å². The van der Waals surface area contributed by atoms with Crippen LogP contribution in [-0.2, 0) is 43.0 Å². The van der Waals surface area contributed by atoms with E-state index in [1.807, 2.05) is 57.9 Å². The number of amides is 2. The lowest BCUT2D eigenvalue weighted by molar-refractivity contribution is -0.155. The summed E-state index contributed by atoms with van der Waals surface area (Å²) in [6.07, 6.45) is 8.32. The van der Waals surface area contributed by atoms with E-state index in [9.17, 15) is 23.2 Å². The van der Waals surface area contributed by atoms with Gasteiger partial charge in [-0.15, -0.1) is 0 Å². The summed E-state index contributed by atoms with van der Waals surface area (Å²) >= 11 is 0. The van der Waals surface area contributed by atoms with Crippen LogP contribution in [0, 0.1) is 36.3 Å². The summed E-state index contributed by atoms with van der Waals surface area (Å²) in [5.74, 6) is 7.38. The van der Waals surface area contributed by atoms with Gasteiger partial charge in [-0.05, 0) is 175 Å². The molecule has 6 N–H and O–H groups in total. The zero-order chi connectivity index (χ0) is 57.3. The topological polar surface area (TPSA) is 214 Å². The highest BCUT2D eigenvalue weighted by Crippen LogP contribution is 2.43. The van der Waals surface area contributed by atoms with Crippen LogP contribution in [-0.4, -0.2) is 71.7 Å². The third-order valence-corrected chi connectivity index (χ3v) is 14.3. The van der Waals surface area contributed by atoms with Crippen LogP contribution in [0.15, 0.2) is 97.3 Å². The number of rotatable bonds is 16. The average molecular weight is 1090 g/mol. The largest absolute Gasteiger partial charge is 0.487 e. The van der Waals surface area contributed by atoms with Crippen LogP contribution < -0.4 is 36.7 Å². The molecule has 0 spiro atoms. The second-order valence-electron chi connectivity index (χ2n) is 23.9. The zero-order valence-electron chi connectivity index (χ0n) is 47.6. The molecule has 2 amide bonds. The van der Waals surface area contributed by atoms with E-state index in [-0.39, 0.29) is 64.8 Å². The van der Waals surface area contributed by atoms with Gasteiger partial charge in [0.1, 0.15) is 35.4 Å². The van der Waals surface area contributed by atoms with Crippen molar-refractivity contribution in [2.24, 2.45) is 16.7 Å². The van der Waals surface area contributed by atoms with Crippen LogP contribution >= 0.6 is 0 Å². The van der Waals surface area contributed by atoms with Gasteiger partial charge in [0.05, 0.1) is 46.5 Å². The van der Waals surface area contributed by atoms with Crippen LogP contribution in [0.2, 0.25) is 0 Å². The molecule has 4 aromatic heterocycles. The summed E-state index contributed by atoms with van der Waals surface area (Å²) in [5.41, 5.74) is 2.36. The van der Waals surface area contributed by atoms with Crippen molar-refractivity contribution in [3.8, 4) is 11.5 Å². The van der Waals surface area contributed by atoms with Crippen molar-refractivity contribution in [2.75, 3.05) is 17.2 Å². The van der Waals surface area contributed by atoms with E-state index < -0.39 is 22.4 Å². The van der Waals surface area contributed by atoms with Crippen LogP contribution in [0.25, 0.3) is 0 Å². The van der Waals surface area contributed by atoms with E-state index in [1.165, 1.54) is 0 Å². The number of hydrogen-bond acceptors (Lipinski definition) is 13. The van der Waals surface area contributed by atoms with E-state index in [1.54, 1.807) is 83.4 Å². The SMILES string of the molecule is Cc1cccc(OC2CCC(Cc3cccc(Nc4ccnn4C(C)(C)C)n3)(C(=O)NCC(=O)OC(C)(C)C)CC2)c1F.Cc1cccc(OC2CCC(Cc3cccc(Nc4ccnn4C(C)(C)C)n3)(C(=O)NN)CC2)c1F. The molecule has 79 heavy (non-hydrogen) atoms. The van der Waals surface area contributed by atoms with Crippen molar-refractivity contribution >= 4 is 41.1 Å². The minimum Gasteiger partial charge on any atom is -0.487 e. The molecule has 2 aromatic carbocycles. The number of nitrogens with one attached hydrogen (secondary N) is 4. The van der Waals surface area contributed by atoms with Gasteiger partial charge in [-0.3, -0.25) is 19.8 Å². The second-order valence-corrected chi connectivity index (χ2v) is 23.9. The molecule has 2 aliphatic rings. The number of hydrogen-bond donors (Lipinski definition) is 5. The minimum absolute atomic E-state index is 0.168. The van der Waals surface area contributed by atoms with E-state index >= 15 is 0 Å². The monoisotopic (exact) mass is 1090 g/mol. The van der Waals surface area contributed by atoms with Crippen molar-refractivity contribution in [3.05, 3.63) is 131 Å². The Labute approximate surface area is 463 Å². The molecule has 0 unspecified atom stereocenters. The molecule has 6 aromatic rings.